The highest BCUT2D eigenvalue weighted by molar-refractivity contribution is 5.85. The number of carbonyl (C=O) groups is 1. The number of aromatic amines is 1. The molecule has 0 aliphatic carbocycles. The van der Waals surface area contributed by atoms with Crippen molar-refractivity contribution in [2.45, 2.75) is 63.8 Å². The molecule has 1 fully saturated rings. The number of anilines is 1. The van der Waals surface area contributed by atoms with Gasteiger partial charge >= 0.3 is 12.1 Å². The Hall–Kier alpha value is -3.74. The number of rotatable bonds is 5. The first-order chi connectivity index (χ1) is 17.2. The Morgan fingerprint density at radius 3 is 2.41 bits per heavy atom. The number of piperidine rings is 1. The Balaban J connectivity index is 1.64. The zero-order valence-corrected chi connectivity index (χ0v) is 21.0. The topological polar surface area (TPSA) is 129 Å². The number of nitrogens with one attached hydrogen (secondary N) is 2. The molecule has 0 unspecified atom stereocenters. The fraction of sp³-hybridized carbons (Fsp3) is 0.458. The van der Waals surface area contributed by atoms with Crippen LogP contribution in [0.25, 0.3) is 22.5 Å². The maximum Gasteiger partial charge on any atom is 0.491 e. The van der Waals surface area contributed by atoms with Crippen LogP contribution in [0.1, 0.15) is 40.5 Å². The van der Waals surface area contributed by atoms with Crippen molar-refractivity contribution in [1.82, 2.24) is 30.3 Å². The minimum atomic E-state index is -5.25. The molecule has 1 aliphatic heterocycles. The fourth-order valence-corrected chi connectivity index (χ4v) is 4.78. The largest absolute Gasteiger partial charge is 0.507 e. The van der Waals surface area contributed by atoms with E-state index in [1.165, 1.54) is 30.6 Å². The Kier molecular flexibility index (Phi) is 6.61. The van der Waals surface area contributed by atoms with Crippen molar-refractivity contribution < 1.29 is 27.8 Å². The van der Waals surface area contributed by atoms with Crippen molar-refractivity contribution >= 4 is 11.9 Å². The van der Waals surface area contributed by atoms with Gasteiger partial charge in [-0.3, -0.25) is 10.00 Å². The lowest BCUT2D eigenvalue weighted by Crippen LogP contribution is -2.61. The lowest BCUT2D eigenvalue weighted by atomic mass is 9.77. The molecule has 2 aromatic heterocycles. The SMILES string of the molecule is CN1C(C)(C)CC(Nc2ncc(-c3c(O)cc(-c4ccn[nH]4)cc3OC(=O)C(F)(F)F)nn2)CC1(C)C. The molecule has 0 spiro atoms. The third kappa shape index (κ3) is 5.50. The van der Waals surface area contributed by atoms with Gasteiger partial charge < -0.3 is 15.2 Å². The molecule has 3 heterocycles. The van der Waals surface area contributed by atoms with Crippen LogP contribution in [0.3, 0.4) is 0 Å². The van der Waals surface area contributed by atoms with E-state index in [-0.39, 0.29) is 39.9 Å². The van der Waals surface area contributed by atoms with Crippen LogP contribution in [0, 0.1) is 0 Å². The number of esters is 1. The molecule has 1 aromatic carbocycles. The van der Waals surface area contributed by atoms with Gasteiger partial charge in [-0.15, -0.1) is 10.2 Å². The van der Waals surface area contributed by atoms with E-state index in [0.29, 0.717) is 5.69 Å². The van der Waals surface area contributed by atoms with E-state index in [1.807, 2.05) is 0 Å². The Morgan fingerprint density at radius 1 is 1.19 bits per heavy atom. The summed E-state index contributed by atoms with van der Waals surface area (Å²) in [6.07, 6.45) is -0.924. The molecule has 37 heavy (non-hydrogen) atoms. The first-order valence-corrected chi connectivity index (χ1v) is 11.5. The Morgan fingerprint density at radius 2 is 1.86 bits per heavy atom. The standard InChI is InChI=1S/C24H28F3N7O3/c1-22(2)10-14(11-23(3,4)34(22)5)30-21-28-12-16(32-33-21)19-17(35)8-13(15-6-7-29-31-15)9-18(19)37-20(36)24(25,26)27/h6-9,12,14,35H,10-11H2,1-5H3,(H,29,31)(H,28,30,33). The molecule has 3 N–H and O–H groups in total. The van der Waals surface area contributed by atoms with Gasteiger partial charge in [-0.05, 0) is 65.8 Å². The van der Waals surface area contributed by atoms with Gasteiger partial charge in [-0.1, -0.05) is 0 Å². The van der Waals surface area contributed by atoms with E-state index in [4.69, 9.17) is 0 Å². The average Bonchev–Trinajstić information content (AvgIpc) is 3.32. The van der Waals surface area contributed by atoms with Crippen LogP contribution in [0.5, 0.6) is 11.5 Å². The number of phenols is 1. The molecule has 1 aliphatic rings. The summed E-state index contributed by atoms with van der Waals surface area (Å²) in [4.78, 5) is 18.2. The summed E-state index contributed by atoms with van der Waals surface area (Å²) >= 11 is 0. The van der Waals surface area contributed by atoms with Crippen LogP contribution < -0.4 is 10.1 Å². The number of hydrogen-bond donors (Lipinski definition) is 3. The number of aromatic hydroxyl groups is 1. The predicted octanol–water partition coefficient (Wildman–Crippen LogP) is 4.17. The number of hydrogen-bond acceptors (Lipinski definition) is 9. The fourth-order valence-electron chi connectivity index (χ4n) is 4.78. The number of carbonyl (C=O) groups excluding carboxylic acids is 1. The number of likely N-dealkylation sites (tertiary alicyclic amines) is 1. The monoisotopic (exact) mass is 519 g/mol. The van der Waals surface area contributed by atoms with Crippen LogP contribution >= 0.6 is 0 Å². The van der Waals surface area contributed by atoms with Gasteiger partial charge in [0.05, 0.1) is 17.5 Å². The number of phenolic OH excluding ortho intramolecular Hbond substituents is 1. The van der Waals surface area contributed by atoms with Crippen molar-refractivity contribution in [2.75, 3.05) is 12.4 Å². The number of aromatic nitrogens is 5. The van der Waals surface area contributed by atoms with Crippen molar-refractivity contribution in [3.63, 3.8) is 0 Å². The predicted molar refractivity (Wildman–Crippen MR) is 129 cm³/mol. The second kappa shape index (κ2) is 9.29. The quantitative estimate of drug-likeness (QED) is 0.336. The van der Waals surface area contributed by atoms with Gasteiger partial charge in [0.1, 0.15) is 17.2 Å². The van der Waals surface area contributed by atoms with Gasteiger partial charge in [0.15, 0.2) is 0 Å². The van der Waals surface area contributed by atoms with E-state index in [9.17, 15) is 23.1 Å². The molecular weight excluding hydrogens is 491 g/mol. The molecule has 3 aromatic rings. The average molecular weight is 520 g/mol. The summed E-state index contributed by atoms with van der Waals surface area (Å²) in [6, 6.07) is 4.05. The van der Waals surface area contributed by atoms with Gasteiger partial charge in [0, 0.05) is 28.9 Å². The summed E-state index contributed by atoms with van der Waals surface area (Å²) in [7, 11) is 2.09. The molecule has 0 bridgehead atoms. The van der Waals surface area contributed by atoms with Crippen molar-refractivity contribution in [1.29, 1.82) is 0 Å². The second-order valence-electron chi connectivity index (χ2n) is 10.3. The molecule has 10 nitrogen and oxygen atoms in total. The van der Waals surface area contributed by atoms with Crippen LogP contribution in [0.4, 0.5) is 19.1 Å². The number of nitrogens with zero attached hydrogens (tertiary/aromatic N) is 5. The minimum absolute atomic E-state index is 0.0549. The highest BCUT2D eigenvalue weighted by atomic mass is 19.4. The zero-order chi connectivity index (χ0) is 27.2. The first kappa shape index (κ1) is 26.3. The number of H-pyrrole nitrogens is 1. The summed E-state index contributed by atoms with van der Waals surface area (Å²) in [5.74, 6) is -3.25. The van der Waals surface area contributed by atoms with Gasteiger partial charge in [-0.2, -0.15) is 18.3 Å². The number of halogens is 3. The number of ether oxygens (including phenoxy) is 1. The van der Waals surface area contributed by atoms with Gasteiger partial charge in [-0.25, -0.2) is 9.78 Å². The molecule has 198 valence electrons. The summed E-state index contributed by atoms with van der Waals surface area (Å²) < 4.78 is 43.5. The van der Waals surface area contributed by atoms with Crippen LogP contribution in [0.2, 0.25) is 0 Å². The molecule has 13 heteroatoms. The Bertz CT molecular complexity index is 1260. The molecular formula is C24H28F3N7O3. The molecule has 0 radical (unpaired) electrons. The van der Waals surface area contributed by atoms with E-state index >= 15 is 0 Å². The molecule has 1 saturated heterocycles. The highest BCUT2D eigenvalue weighted by Gasteiger charge is 2.43. The normalized spacial score (nSPS) is 17.9. The summed E-state index contributed by atoms with van der Waals surface area (Å²) in [5.41, 5.74) is 0.148. The van der Waals surface area contributed by atoms with Gasteiger partial charge in [0.2, 0.25) is 5.95 Å². The van der Waals surface area contributed by atoms with Crippen molar-refractivity contribution in [3.05, 3.63) is 30.6 Å². The first-order valence-electron chi connectivity index (χ1n) is 11.5. The molecule has 4 rings (SSSR count). The van der Waals surface area contributed by atoms with E-state index in [1.54, 1.807) is 0 Å². The molecule has 0 saturated carbocycles. The van der Waals surface area contributed by atoms with E-state index in [0.717, 1.165) is 12.8 Å². The smallest absolute Gasteiger partial charge is 0.491 e. The van der Waals surface area contributed by atoms with E-state index < -0.39 is 23.6 Å². The lowest BCUT2D eigenvalue weighted by Gasteiger charge is -2.53. The zero-order valence-electron chi connectivity index (χ0n) is 21.0. The van der Waals surface area contributed by atoms with Gasteiger partial charge in [0.25, 0.3) is 0 Å². The number of benzene rings is 1. The van der Waals surface area contributed by atoms with Crippen LogP contribution in [0.15, 0.2) is 30.6 Å². The maximum atomic E-state index is 12.9. The highest BCUT2D eigenvalue weighted by Crippen LogP contribution is 2.41. The van der Waals surface area contributed by atoms with Crippen molar-refractivity contribution in [3.8, 4) is 34.0 Å². The number of alkyl halides is 3. The third-order valence-electron chi connectivity index (χ3n) is 6.79. The molecule has 0 amide bonds. The Labute approximate surface area is 211 Å². The second-order valence-corrected chi connectivity index (χ2v) is 10.3. The van der Waals surface area contributed by atoms with Crippen LogP contribution in [-0.4, -0.2) is 71.7 Å². The summed E-state index contributed by atoms with van der Waals surface area (Å²) in [6.45, 7) is 8.63. The third-order valence-corrected chi connectivity index (χ3v) is 6.79. The lowest BCUT2D eigenvalue weighted by molar-refractivity contribution is -0.189. The minimum Gasteiger partial charge on any atom is -0.507 e. The van der Waals surface area contributed by atoms with Crippen LogP contribution in [-0.2, 0) is 4.79 Å². The summed E-state index contributed by atoms with van der Waals surface area (Å²) in [5, 5.41) is 28.5. The maximum absolute atomic E-state index is 12.9. The molecule has 0 atom stereocenters. The van der Waals surface area contributed by atoms with Crippen molar-refractivity contribution in [2.24, 2.45) is 0 Å². The van der Waals surface area contributed by atoms with E-state index in [2.05, 4.69) is 75.1 Å².